The van der Waals surface area contributed by atoms with Crippen molar-refractivity contribution >= 4 is 56.5 Å². The molecule has 0 atom stereocenters. The van der Waals surface area contributed by atoms with E-state index < -0.39 is 0 Å². The van der Waals surface area contributed by atoms with Crippen LogP contribution in [0.15, 0.2) is 45.8 Å². The van der Waals surface area contributed by atoms with Crippen LogP contribution in [0.25, 0.3) is 6.08 Å². The minimum Gasteiger partial charge on any atom is -0.493 e. The highest BCUT2D eigenvalue weighted by Crippen LogP contribution is 2.39. The first-order valence-electron chi connectivity index (χ1n) is 8.92. The van der Waals surface area contributed by atoms with Crippen LogP contribution in [0.1, 0.15) is 11.1 Å². The number of thioether (sulfide) groups is 1. The highest BCUT2D eigenvalue weighted by Gasteiger charge is 2.34. The number of halogens is 2. The maximum absolute atomic E-state index is 12.5. The van der Waals surface area contributed by atoms with Crippen molar-refractivity contribution in [1.82, 2.24) is 4.90 Å². The zero-order valence-electron chi connectivity index (χ0n) is 16.3. The van der Waals surface area contributed by atoms with Crippen molar-refractivity contribution in [3.63, 3.8) is 0 Å². The number of rotatable bonds is 8. The summed E-state index contributed by atoms with van der Waals surface area (Å²) in [5.41, 5.74) is 1.61. The topological polar surface area (TPSA) is 65.1 Å². The molecule has 0 saturated carbocycles. The Hall–Kier alpha value is -2.00. The minimum absolute atomic E-state index is 0.214. The number of hydrogen-bond acceptors (Lipinski definition) is 6. The van der Waals surface area contributed by atoms with E-state index in [1.165, 1.54) is 14.2 Å². The Balaban J connectivity index is 1.79. The first-order chi connectivity index (χ1) is 14.4. The molecule has 0 aliphatic carbocycles. The Morgan fingerprint density at radius 2 is 1.90 bits per heavy atom. The Bertz CT molecular complexity index is 980. The number of amides is 2. The molecule has 0 spiro atoms. The van der Waals surface area contributed by atoms with E-state index in [2.05, 4.69) is 15.9 Å². The van der Waals surface area contributed by atoms with E-state index in [-0.39, 0.29) is 24.3 Å². The van der Waals surface area contributed by atoms with Gasteiger partial charge >= 0.3 is 0 Å². The summed E-state index contributed by atoms with van der Waals surface area (Å²) in [6.45, 7) is 0.821. The van der Waals surface area contributed by atoms with Crippen molar-refractivity contribution in [2.45, 2.75) is 6.61 Å². The molecule has 0 aromatic heterocycles. The van der Waals surface area contributed by atoms with E-state index in [1.807, 2.05) is 24.3 Å². The molecule has 1 aliphatic heterocycles. The molecule has 1 heterocycles. The number of benzene rings is 2. The molecule has 2 aromatic carbocycles. The Morgan fingerprint density at radius 1 is 1.17 bits per heavy atom. The summed E-state index contributed by atoms with van der Waals surface area (Å²) in [5.74, 6) is 0.490. The average molecular weight is 513 g/mol. The first kappa shape index (κ1) is 22.7. The monoisotopic (exact) mass is 511 g/mol. The SMILES string of the molecule is COCCN1C(=O)S/C(=C/c2cc(Cl)c(OCc3ccc(Br)cc3)c(OC)c2)C1=O. The van der Waals surface area contributed by atoms with Crippen LogP contribution in [0.4, 0.5) is 4.79 Å². The van der Waals surface area contributed by atoms with Crippen LogP contribution >= 0.6 is 39.3 Å². The molecular weight excluding hydrogens is 494 g/mol. The Kier molecular flexibility index (Phi) is 7.82. The molecular formula is C21H19BrClNO5S. The molecule has 9 heteroatoms. The van der Waals surface area contributed by atoms with Gasteiger partial charge in [-0.2, -0.15) is 0 Å². The van der Waals surface area contributed by atoms with Crippen molar-refractivity contribution in [2.24, 2.45) is 0 Å². The highest BCUT2D eigenvalue weighted by atomic mass is 79.9. The van der Waals surface area contributed by atoms with Gasteiger partial charge in [-0.3, -0.25) is 14.5 Å². The van der Waals surface area contributed by atoms with Crippen LogP contribution in [0.5, 0.6) is 11.5 Å². The number of methoxy groups -OCH3 is 2. The van der Waals surface area contributed by atoms with Crippen LogP contribution in [-0.2, 0) is 16.1 Å². The summed E-state index contributed by atoms with van der Waals surface area (Å²) in [6.07, 6.45) is 1.62. The maximum Gasteiger partial charge on any atom is 0.293 e. The van der Waals surface area contributed by atoms with Crippen LogP contribution in [0.2, 0.25) is 5.02 Å². The normalized spacial score (nSPS) is 15.2. The zero-order chi connectivity index (χ0) is 21.7. The molecule has 3 rings (SSSR count). The molecule has 6 nitrogen and oxygen atoms in total. The fraction of sp³-hybridized carbons (Fsp3) is 0.238. The van der Waals surface area contributed by atoms with Gasteiger partial charge in [0.1, 0.15) is 6.61 Å². The van der Waals surface area contributed by atoms with Gasteiger partial charge in [-0.15, -0.1) is 0 Å². The predicted molar refractivity (Wildman–Crippen MR) is 121 cm³/mol. The lowest BCUT2D eigenvalue weighted by Gasteiger charge is -2.14. The zero-order valence-corrected chi connectivity index (χ0v) is 19.5. The Morgan fingerprint density at radius 3 is 2.57 bits per heavy atom. The van der Waals surface area contributed by atoms with Gasteiger partial charge in [0.2, 0.25) is 0 Å². The average Bonchev–Trinajstić information content (AvgIpc) is 2.99. The van der Waals surface area contributed by atoms with Gasteiger partial charge in [-0.25, -0.2) is 0 Å². The van der Waals surface area contributed by atoms with Gasteiger partial charge in [0.25, 0.3) is 11.1 Å². The second-order valence-electron chi connectivity index (χ2n) is 6.28. The van der Waals surface area contributed by atoms with Gasteiger partial charge in [-0.1, -0.05) is 39.7 Å². The van der Waals surface area contributed by atoms with Crippen molar-refractivity contribution in [3.05, 3.63) is 61.9 Å². The largest absolute Gasteiger partial charge is 0.493 e. The van der Waals surface area contributed by atoms with Gasteiger partial charge in [0.05, 0.1) is 30.2 Å². The molecule has 30 heavy (non-hydrogen) atoms. The van der Waals surface area contributed by atoms with E-state index in [1.54, 1.807) is 18.2 Å². The molecule has 0 N–H and O–H groups in total. The van der Waals surface area contributed by atoms with Crippen LogP contribution < -0.4 is 9.47 Å². The number of carbonyl (C=O) groups is 2. The predicted octanol–water partition coefficient (Wildman–Crippen LogP) is 5.37. The molecule has 2 aromatic rings. The van der Waals surface area contributed by atoms with Crippen LogP contribution in [-0.4, -0.2) is 43.4 Å². The summed E-state index contributed by atoms with van der Waals surface area (Å²) >= 11 is 10.7. The third-order valence-corrected chi connectivity index (χ3v) is 5.96. The number of hydrogen-bond donors (Lipinski definition) is 0. The lowest BCUT2D eigenvalue weighted by atomic mass is 10.1. The van der Waals surface area contributed by atoms with Gasteiger partial charge in [0.15, 0.2) is 11.5 Å². The summed E-state index contributed by atoms with van der Waals surface area (Å²) in [7, 11) is 3.03. The molecule has 0 radical (unpaired) electrons. The Labute approximate surface area is 192 Å². The second kappa shape index (κ2) is 10.3. The fourth-order valence-corrected chi connectivity index (χ4v) is 4.13. The van der Waals surface area contributed by atoms with Crippen molar-refractivity contribution in [2.75, 3.05) is 27.4 Å². The summed E-state index contributed by atoms with van der Waals surface area (Å²) in [4.78, 5) is 26.0. The van der Waals surface area contributed by atoms with Crippen molar-refractivity contribution < 1.29 is 23.8 Å². The first-order valence-corrected chi connectivity index (χ1v) is 10.9. The summed E-state index contributed by atoms with van der Waals surface area (Å²) in [6, 6.07) is 11.1. The van der Waals surface area contributed by atoms with Crippen LogP contribution in [0, 0.1) is 0 Å². The van der Waals surface area contributed by atoms with Gasteiger partial charge in [0, 0.05) is 11.6 Å². The second-order valence-corrected chi connectivity index (χ2v) is 8.59. The van der Waals surface area contributed by atoms with Gasteiger partial charge < -0.3 is 14.2 Å². The molecule has 158 valence electrons. The van der Waals surface area contributed by atoms with Gasteiger partial charge in [-0.05, 0) is 53.2 Å². The van der Waals surface area contributed by atoms with E-state index in [0.717, 1.165) is 26.7 Å². The third-order valence-electron chi connectivity index (χ3n) is 4.24. The third kappa shape index (κ3) is 5.37. The van der Waals surface area contributed by atoms with E-state index in [4.69, 9.17) is 25.8 Å². The number of ether oxygens (including phenoxy) is 3. The van der Waals surface area contributed by atoms with Crippen LogP contribution in [0.3, 0.4) is 0 Å². The number of carbonyl (C=O) groups excluding carboxylic acids is 2. The maximum atomic E-state index is 12.5. The van der Waals surface area contributed by atoms with Crippen molar-refractivity contribution in [1.29, 1.82) is 0 Å². The molecule has 1 fully saturated rings. The summed E-state index contributed by atoms with van der Waals surface area (Å²) in [5, 5.41) is 0.0205. The van der Waals surface area contributed by atoms with E-state index in [9.17, 15) is 9.59 Å². The minimum atomic E-state index is -0.354. The molecule has 1 saturated heterocycles. The van der Waals surface area contributed by atoms with Crippen molar-refractivity contribution in [3.8, 4) is 11.5 Å². The lowest BCUT2D eigenvalue weighted by molar-refractivity contribution is -0.123. The highest BCUT2D eigenvalue weighted by molar-refractivity contribution is 9.10. The molecule has 0 unspecified atom stereocenters. The molecule has 2 amide bonds. The lowest BCUT2D eigenvalue weighted by Crippen LogP contribution is -2.31. The molecule has 1 aliphatic rings. The standard InChI is InChI=1S/C21H19BrClNO5S/c1-27-8-7-24-20(25)18(30-21(24)26)11-14-9-16(23)19(17(10-14)28-2)29-12-13-3-5-15(22)6-4-13/h3-6,9-11H,7-8,12H2,1-2H3/b18-11+. The van der Waals surface area contributed by atoms with E-state index >= 15 is 0 Å². The molecule has 0 bridgehead atoms. The summed E-state index contributed by atoms with van der Waals surface area (Å²) < 4.78 is 17.2. The number of nitrogens with zero attached hydrogens (tertiary/aromatic N) is 1. The fourth-order valence-electron chi connectivity index (χ4n) is 2.73. The van der Waals surface area contributed by atoms with E-state index in [0.29, 0.717) is 33.6 Å². The quantitative estimate of drug-likeness (QED) is 0.443. The number of imide groups is 1. The smallest absolute Gasteiger partial charge is 0.293 e.